The van der Waals surface area contributed by atoms with Gasteiger partial charge in [0.05, 0.1) is 11.0 Å². The van der Waals surface area contributed by atoms with Crippen LogP contribution in [-0.4, -0.2) is 24.5 Å². The fourth-order valence-corrected chi connectivity index (χ4v) is 7.80. The van der Waals surface area contributed by atoms with Gasteiger partial charge in [0.25, 0.3) is 0 Å². The van der Waals surface area contributed by atoms with Crippen molar-refractivity contribution in [1.29, 1.82) is 0 Å². The SMILES string of the molecule is c1ccc(-c2ccc(-c3nc(-c4ccccc4)nc(-c4ccc5c(c4)c4cc(-c6ccc7nc(-c8ccccc8)oc7c6)ccc4n5-c4ccccc4)n3)cc2)cc1. The molecule has 0 aliphatic heterocycles. The maximum Gasteiger partial charge on any atom is 0.227 e. The molecule has 0 fully saturated rings. The molecule has 11 aromatic rings. The largest absolute Gasteiger partial charge is 0.436 e. The maximum atomic E-state index is 6.28. The predicted octanol–water partition coefficient (Wildman–Crippen LogP) is 13.1. The monoisotopic (exact) mass is 743 g/mol. The van der Waals surface area contributed by atoms with Crippen LogP contribution in [0.15, 0.2) is 205 Å². The smallest absolute Gasteiger partial charge is 0.227 e. The van der Waals surface area contributed by atoms with Gasteiger partial charge in [0, 0.05) is 38.7 Å². The molecule has 272 valence electrons. The summed E-state index contributed by atoms with van der Waals surface area (Å²) in [5.41, 5.74) is 13.0. The Balaban J connectivity index is 1.06. The lowest BCUT2D eigenvalue weighted by Crippen LogP contribution is -2.00. The molecule has 0 unspecified atom stereocenters. The summed E-state index contributed by atoms with van der Waals surface area (Å²) in [5, 5.41) is 2.22. The summed E-state index contributed by atoms with van der Waals surface area (Å²) in [4.78, 5) is 20.0. The van der Waals surface area contributed by atoms with E-state index in [0.717, 1.165) is 83.1 Å². The van der Waals surface area contributed by atoms with Crippen LogP contribution in [0.4, 0.5) is 0 Å². The van der Waals surface area contributed by atoms with Crippen molar-refractivity contribution in [2.75, 3.05) is 0 Å². The van der Waals surface area contributed by atoms with E-state index >= 15 is 0 Å². The summed E-state index contributed by atoms with van der Waals surface area (Å²) in [7, 11) is 0. The Hall–Kier alpha value is -7.96. The first-order valence-electron chi connectivity index (χ1n) is 19.3. The number of hydrogen-bond acceptors (Lipinski definition) is 5. The summed E-state index contributed by atoms with van der Waals surface area (Å²) in [6, 6.07) is 68.9. The van der Waals surface area contributed by atoms with Crippen molar-refractivity contribution in [3.63, 3.8) is 0 Å². The van der Waals surface area contributed by atoms with Gasteiger partial charge in [-0.05, 0) is 89.0 Å². The highest BCUT2D eigenvalue weighted by atomic mass is 16.3. The topological polar surface area (TPSA) is 69.6 Å². The third-order valence-corrected chi connectivity index (χ3v) is 10.7. The average Bonchev–Trinajstić information content (AvgIpc) is 3.89. The molecule has 0 spiro atoms. The minimum Gasteiger partial charge on any atom is -0.436 e. The van der Waals surface area contributed by atoms with Crippen LogP contribution in [0.25, 0.3) is 106 Å². The highest BCUT2D eigenvalue weighted by molar-refractivity contribution is 6.11. The van der Waals surface area contributed by atoms with Gasteiger partial charge in [0.15, 0.2) is 23.1 Å². The molecular weight excluding hydrogens is 711 g/mol. The van der Waals surface area contributed by atoms with Gasteiger partial charge in [-0.3, -0.25) is 0 Å². The van der Waals surface area contributed by atoms with Crippen LogP contribution in [0.2, 0.25) is 0 Å². The van der Waals surface area contributed by atoms with Crippen LogP contribution < -0.4 is 0 Å². The summed E-state index contributed by atoms with van der Waals surface area (Å²) >= 11 is 0. The van der Waals surface area contributed by atoms with Crippen LogP contribution in [0.5, 0.6) is 0 Å². The van der Waals surface area contributed by atoms with E-state index in [9.17, 15) is 0 Å². The van der Waals surface area contributed by atoms with Crippen molar-refractivity contribution in [2.45, 2.75) is 0 Å². The van der Waals surface area contributed by atoms with E-state index in [4.69, 9.17) is 24.4 Å². The first-order valence-corrected chi connectivity index (χ1v) is 19.3. The van der Waals surface area contributed by atoms with Crippen molar-refractivity contribution in [1.82, 2.24) is 24.5 Å². The second-order valence-electron chi connectivity index (χ2n) is 14.3. The minimum absolute atomic E-state index is 0.611. The number of benzene rings is 8. The molecule has 11 rings (SSSR count). The first-order chi connectivity index (χ1) is 28.7. The molecule has 8 aromatic carbocycles. The molecule has 0 aliphatic carbocycles. The number of fused-ring (bicyclic) bond motifs is 4. The Labute approximate surface area is 334 Å². The fraction of sp³-hybridized carbons (Fsp3) is 0. The molecule has 3 heterocycles. The van der Waals surface area contributed by atoms with E-state index in [0.29, 0.717) is 23.4 Å². The second-order valence-corrected chi connectivity index (χ2v) is 14.3. The Kier molecular flexibility index (Phi) is 8.04. The van der Waals surface area contributed by atoms with Crippen molar-refractivity contribution in [3.05, 3.63) is 200 Å². The predicted molar refractivity (Wildman–Crippen MR) is 234 cm³/mol. The summed E-state index contributed by atoms with van der Waals surface area (Å²) in [6.07, 6.45) is 0. The molecule has 6 nitrogen and oxygen atoms in total. The Morgan fingerprint density at radius 2 is 0.759 bits per heavy atom. The first kappa shape index (κ1) is 33.4. The number of aromatic nitrogens is 5. The molecule has 0 amide bonds. The highest BCUT2D eigenvalue weighted by Crippen LogP contribution is 2.38. The normalized spacial score (nSPS) is 11.4. The Morgan fingerprint density at radius 3 is 1.40 bits per heavy atom. The number of rotatable bonds is 7. The molecule has 0 saturated carbocycles. The van der Waals surface area contributed by atoms with Gasteiger partial charge < -0.3 is 8.98 Å². The lowest BCUT2D eigenvalue weighted by molar-refractivity contribution is 0.620. The lowest BCUT2D eigenvalue weighted by atomic mass is 10.0. The van der Waals surface area contributed by atoms with Gasteiger partial charge in [0.2, 0.25) is 5.89 Å². The molecule has 0 aliphatic rings. The zero-order valence-corrected chi connectivity index (χ0v) is 31.2. The fourth-order valence-electron chi connectivity index (χ4n) is 7.80. The molecule has 3 aromatic heterocycles. The zero-order valence-electron chi connectivity index (χ0n) is 31.2. The number of para-hydroxylation sites is 1. The van der Waals surface area contributed by atoms with Gasteiger partial charge in [0.1, 0.15) is 5.52 Å². The number of oxazole rings is 1. The molecule has 0 bridgehead atoms. The molecule has 0 atom stereocenters. The maximum absolute atomic E-state index is 6.28. The van der Waals surface area contributed by atoms with Crippen molar-refractivity contribution < 1.29 is 4.42 Å². The van der Waals surface area contributed by atoms with Crippen LogP contribution in [-0.2, 0) is 0 Å². The standard InChI is InChI=1S/C52H33N5O/c1-5-13-34(14-6-1)35-21-23-37(24-22-35)50-54-49(36-15-7-2-8-16-36)55-51(56-50)41-27-30-47-44(32-41)43-31-39(26-29-46(43)57(47)42-19-11-4-12-20-42)40-25-28-45-48(33-40)58-52(53-45)38-17-9-3-10-18-38/h1-33H. The van der Waals surface area contributed by atoms with Crippen LogP contribution in [0.3, 0.4) is 0 Å². The lowest BCUT2D eigenvalue weighted by Gasteiger charge is -2.10. The van der Waals surface area contributed by atoms with Crippen LogP contribution >= 0.6 is 0 Å². The molecule has 0 radical (unpaired) electrons. The number of hydrogen-bond donors (Lipinski definition) is 0. The molecule has 6 heteroatoms. The molecule has 58 heavy (non-hydrogen) atoms. The second kappa shape index (κ2) is 14.0. The third kappa shape index (κ3) is 6.01. The highest BCUT2D eigenvalue weighted by Gasteiger charge is 2.18. The molecular formula is C52H33N5O. The number of nitrogens with zero attached hydrogens (tertiary/aromatic N) is 5. The summed E-state index contributed by atoms with van der Waals surface area (Å²) in [5.74, 6) is 2.47. The van der Waals surface area contributed by atoms with Gasteiger partial charge in [-0.2, -0.15) is 0 Å². The van der Waals surface area contributed by atoms with Gasteiger partial charge in [-0.1, -0.05) is 133 Å². The molecule has 0 N–H and O–H groups in total. The van der Waals surface area contributed by atoms with E-state index < -0.39 is 0 Å². The summed E-state index contributed by atoms with van der Waals surface area (Å²) in [6.45, 7) is 0. The van der Waals surface area contributed by atoms with E-state index in [2.05, 4.69) is 126 Å². The van der Waals surface area contributed by atoms with E-state index in [1.54, 1.807) is 0 Å². The van der Waals surface area contributed by atoms with Crippen LogP contribution in [0, 0.1) is 0 Å². The third-order valence-electron chi connectivity index (χ3n) is 10.7. The average molecular weight is 744 g/mol. The minimum atomic E-state index is 0.611. The quantitative estimate of drug-likeness (QED) is 0.163. The van der Waals surface area contributed by atoms with E-state index in [-0.39, 0.29) is 0 Å². The van der Waals surface area contributed by atoms with Gasteiger partial charge in [-0.15, -0.1) is 0 Å². The van der Waals surface area contributed by atoms with Crippen molar-refractivity contribution in [3.8, 4) is 73.6 Å². The Bertz CT molecular complexity index is 3250. The zero-order chi connectivity index (χ0) is 38.4. The van der Waals surface area contributed by atoms with Crippen LogP contribution in [0.1, 0.15) is 0 Å². The van der Waals surface area contributed by atoms with Crippen molar-refractivity contribution in [2.24, 2.45) is 0 Å². The van der Waals surface area contributed by atoms with E-state index in [1.165, 1.54) is 0 Å². The van der Waals surface area contributed by atoms with E-state index in [1.807, 2.05) is 78.9 Å². The van der Waals surface area contributed by atoms with Gasteiger partial charge >= 0.3 is 0 Å². The Morgan fingerprint density at radius 1 is 0.328 bits per heavy atom. The summed E-state index contributed by atoms with van der Waals surface area (Å²) < 4.78 is 8.60. The van der Waals surface area contributed by atoms with Crippen molar-refractivity contribution >= 4 is 32.9 Å². The van der Waals surface area contributed by atoms with Gasteiger partial charge in [-0.25, -0.2) is 19.9 Å². The molecule has 0 saturated heterocycles.